The summed E-state index contributed by atoms with van der Waals surface area (Å²) < 4.78 is 25.9. The first-order chi connectivity index (χ1) is 19.2. The molecule has 3 saturated heterocycles. The third-order valence-electron chi connectivity index (χ3n) is 8.87. The van der Waals surface area contributed by atoms with Gasteiger partial charge in [-0.3, -0.25) is 24.6 Å². The van der Waals surface area contributed by atoms with E-state index >= 15 is 0 Å². The molecule has 6 heterocycles. The molecule has 0 bridgehead atoms. The van der Waals surface area contributed by atoms with Crippen molar-refractivity contribution in [1.29, 1.82) is 0 Å². The third kappa shape index (κ3) is 4.14. The number of pyridine rings is 1. The van der Waals surface area contributed by atoms with E-state index in [0.29, 0.717) is 12.0 Å². The van der Waals surface area contributed by atoms with Crippen molar-refractivity contribution in [2.45, 2.75) is 57.3 Å². The van der Waals surface area contributed by atoms with Crippen LogP contribution in [-0.2, 0) is 26.0 Å². The largest absolute Gasteiger partial charge is 0.327 e. The second-order valence-corrected chi connectivity index (χ2v) is 13.7. The van der Waals surface area contributed by atoms with Crippen molar-refractivity contribution >= 4 is 38.6 Å². The van der Waals surface area contributed by atoms with Crippen LogP contribution in [0.2, 0.25) is 0 Å². The van der Waals surface area contributed by atoms with Gasteiger partial charge in [0, 0.05) is 35.7 Å². The van der Waals surface area contributed by atoms with Gasteiger partial charge in [-0.25, -0.2) is 13.4 Å². The van der Waals surface area contributed by atoms with Crippen molar-refractivity contribution in [3.8, 4) is 11.3 Å². The lowest BCUT2D eigenvalue weighted by Gasteiger charge is -2.32. The predicted molar refractivity (Wildman–Crippen MR) is 148 cm³/mol. The summed E-state index contributed by atoms with van der Waals surface area (Å²) in [4.78, 5) is 46.7. The fraction of sp³-hybridized carbons (Fsp3) is 0.448. The van der Waals surface area contributed by atoms with Crippen LogP contribution < -0.4 is 5.32 Å². The first-order valence-electron chi connectivity index (χ1n) is 13.9. The molecule has 11 heteroatoms. The third-order valence-corrected chi connectivity index (χ3v) is 10.7. The monoisotopic (exact) mass is 561 g/mol. The highest BCUT2D eigenvalue weighted by molar-refractivity contribution is 7.92. The quantitative estimate of drug-likeness (QED) is 0.475. The summed E-state index contributed by atoms with van der Waals surface area (Å²) in [6, 6.07) is 8.71. The number of sulfone groups is 1. The van der Waals surface area contributed by atoms with Crippen LogP contribution >= 0.6 is 0 Å². The van der Waals surface area contributed by atoms with Crippen LogP contribution in [0.15, 0.2) is 36.5 Å². The lowest BCUT2D eigenvalue weighted by molar-refractivity contribution is -0.137. The maximum Gasteiger partial charge on any atom is 0.255 e. The van der Waals surface area contributed by atoms with E-state index < -0.39 is 21.8 Å². The van der Waals surface area contributed by atoms with Crippen LogP contribution in [0.5, 0.6) is 0 Å². The molecule has 3 amide bonds. The van der Waals surface area contributed by atoms with Gasteiger partial charge in [0.1, 0.15) is 11.7 Å². The first kappa shape index (κ1) is 25.4. The molecule has 2 aromatic heterocycles. The summed E-state index contributed by atoms with van der Waals surface area (Å²) in [5.74, 6) is -0.697. The van der Waals surface area contributed by atoms with Gasteiger partial charge in [-0.15, -0.1) is 0 Å². The number of carbonyl (C=O) groups excluding carboxylic acids is 3. The van der Waals surface area contributed by atoms with Crippen molar-refractivity contribution in [1.82, 2.24) is 24.7 Å². The Kier molecular flexibility index (Phi) is 5.87. The van der Waals surface area contributed by atoms with Gasteiger partial charge < -0.3 is 9.47 Å². The highest BCUT2D eigenvalue weighted by atomic mass is 32.2. The fourth-order valence-electron chi connectivity index (χ4n) is 6.74. The summed E-state index contributed by atoms with van der Waals surface area (Å²) in [6.07, 6.45) is 4.84. The van der Waals surface area contributed by atoms with Gasteiger partial charge in [-0.05, 0) is 74.7 Å². The maximum atomic E-state index is 13.4. The van der Waals surface area contributed by atoms with Crippen LogP contribution in [-0.4, -0.2) is 76.1 Å². The molecule has 40 heavy (non-hydrogen) atoms. The topological polar surface area (TPSA) is 122 Å². The second-order valence-electron chi connectivity index (χ2n) is 11.5. The Bertz CT molecular complexity index is 1680. The fourth-order valence-corrected chi connectivity index (χ4v) is 8.13. The summed E-state index contributed by atoms with van der Waals surface area (Å²) in [5, 5.41) is 3.40. The number of hydrogen-bond donors (Lipinski definition) is 1. The van der Waals surface area contributed by atoms with Gasteiger partial charge in [0.2, 0.25) is 11.8 Å². The number of nitrogens with one attached hydrogen (secondary N) is 1. The molecule has 3 aromatic rings. The average molecular weight is 562 g/mol. The summed E-state index contributed by atoms with van der Waals surface area (Å²) in [5.41, 5.74) is 4.95. The number of likely N-dealkylation sites (tertiary alicyclic amines) is 1. The predicted octanol–water partition coefficient (Wildman–Crippen LogP) is 2.59. The van der Waals surface area contributed by atoms with Gasteiger partial charge in [-0.1, -0.05) is 6.07 Å². The molecule has 2 atom stereocenters. The van der Waals surface area contributed by atoms with Gasteiger partial charge in [0.15, 0.2) is 9.84 Å². The number of aromatic nitrogens is 2. The lowest BCUT2D eigenvalue weighted by atomic mass is 9.98. The number of fused-ring (bicyclic) bond motifs is 2. The number of rotatable bonds is 5. The molecule has 10 nitrogen and oxygen atoms in total. The second kappa shape index (κ2) is 9.24. The van der Waals surface area contributed by atoms with Crippen molar-refractivity contribution in [3.63, 3.8) is 0 Å². The molecule has 0 radical (unpaired) electrons. The van der Waals surface area contributed by atoms with Gasteiger partial charge in [0.25, 0.3) is 5.91 Å². The molecule has 7 rings (SSSR count). The first-order valence-corrected chi connectivity index (χ1v) is 15.7. The summed E-state index contributed by atoms with van der Waals surface area (Å²) in [6.45, 7) is 4.81. The molecule has 1 aromatic carbocycles. The molecule has 1 N–H and O–H groups in total. The normalized spacial score (nSPS) is 24.9. The zero-order valence-electron chi connectivity index (χ0n) is 22.3. The number of carbonyl (C=O) groups is 3. The SMILES string of the molecule is CC1c2cc(-c3cc(CN4CCCC4)c4ccn(C5CS(=O)(=O)C5)c4n3)ccc2C(=O)N1C1CCC(=O)NC1=O. The number of piperidine rings is 1. The van der Waals surface area contributed by atoms with E-state index in [4.69, 9.17) is 4.98 Å². The smallest absolute Gasteiger partial charge is 0.255 e. The van der Waals surface area contributed by atoms with Gasteiger partial charge >= 0.3 is 0 Å². The molecule has 0 saturated carbocycles. The van der Waals surface area contributed by atoms with E-state index in [1.807, 2.05) is 35.9 Å². The van der Waals surface area contributed by atoms with Crippen LogP contribution in [0, 0.1) is 0 Å². The Morgan fingerprint density at radius 1 is 1.05 bits per heavy atom. The Labute approximate surface area is 232 Å². The van der Waals surface area contributed by atoms with Crippen molar-refractivity contribution in [2.24, 2.45) is 0 Å². The number of amides is 3. The number of benzene rings is 1. The molecule has 4 aliphatic heterocycles. The van der Waals surface area contributed by atoms with Crippen LogP contribution in [0.3, 0.4) is 0 Å². The minimum absolute atomic E-state index is 0.121. The molecular formula is C29H31N5O5S. The molecule has 0 aliphatic carbocycles. The molecular weight excluding hydrogens is 530 g/mol. The molecule has 208 valence electrons. The minimum atomic E-state index is -3.00. The highest BCUT2D eigenvalue weighted by Crippen LogP contribution is 2.39. The highest BCUT2D eigenvalue weighted by Gasteiger charge is 2.43. The van der Waals surface area contributed by atoms with Gasteiger partial charge in [-0.2, -0.15) is 0 Å². The van der Waals surface area contributed by atoms with Gasteiger partial charge in [0.05, 0.1) is 29.3 Å². The minimum Gasteiger partial charge on any atom is -0.327 e. The van der Waals surface area contributed by atoms with E-state index in [-0.39, 0.29) is 41.8 Å². The number of hydrogen-bond acceptors (Lipinski definition) is 7. The van der Waals surface area contributed by atoms with Crippen LogP contribution in [0.25, 0.3) is 22.3 Å². The molecule has 3 fully saturated rings. The van der Waals surface area contributed by atoms with Crippen LogP contribution in [0.1, 0.15) is 66.2 Å². The van der Waals surface area contributed by atoms with E-state index in [2.05, 4.69) is 16.3 Å². The number of imide groups is 1. The lowest BCUT2D eigenvalue weighted by Crippen LogP contribution is -2.53. The number of nitrogens with zero attached hydrogens (tertiary/aromatic N) is 4. The molecule has 2 unspecified atom stereocenters. The standard InChI is InChI=1S/C29H31N5O5S/c1-17-23-12-18(4-5-22(23)29(37)34(17)25-6-7-26(35)31-28(25)36)24-13-19(14-32-9-2-3-10-32)21-8-11-33(27(21)30-24)20-15-40(38,39)16-20/h4-5,8,11-13,17,20,25H,2-3,6-7,9-10,14-16H2,1H3,(H,31,35,36). The summed E-state index contributed by atoms with van der Waals surface area (Å²) >= 11 is 0. The molecule has 0 spiro atoms. The zero-order valence-corrected chi connectivity index (χ0v) is 23.1. The van der Waals surface area contributed by atoms with E-state index in [0.717, 1.165) is 53.1 Å². The van der Waals surface area contributed by atoms with E-state index in [1.54, 1.807) is 11.0 Å². The van der Waals surface area contributed by atoms with Crippen LogP contribution in [0.4, 0.5) is 0 Å². The van der Waals surface area contributed by atoms with Crippen molar-refractivity contribution in [3.05, 3.63) is 53.2 Å². The van der Waals surface area contributed by atoms with Crippen molar-refractivity contribution in [2.75, 3.05) is 24.6 Å². The Morgan fingerprint density at radius 3 is 2.55 bits per heavy atom. The van der Waals surface area contributed by atoms with E-state index in [1.165, 1.54) is 12.8 Å². The Balaban J connectivity index is 1.27. The maximum absolute atomic E-state index is 13.4. The van der Waals surface area contributed by atoms with Crippen molar-refractivity contribution < 1.29 is 22.8 Å². The molecule has 4 aliphatic rings. The summed E-state index contributed by atoms with van der Waals surface area (Å²) in [7, 11) is -3.00. The average Bonchev–Trinajstić information content (AvgIpc) is 3.62. The Hall–Kier alpha value is -3.57. The zero-order chi connectivity index (χ0) is 27.8. The van der Waals surface area contributed by atoms with E-state index in [9.17, 15) is 22.8 Å². The Morgan fingerprint density at radius 2 is 1.82 bits per heavy atom.